The Morgan fingerprint density at radius 2 is 2.15 bits per heavy atom. The molecule has 0 heterocycles. The highest BCUT2D eigenvalue weighted by Gasteiger charge is 2.07. The van der Waals surface area contributed by atoms with Crippen LogP contribution in [-0.4, -0.2) is 13.9 Å². The van der Waals surface area contributed by atoms with E-state index in [4.69, 9.17) is 9.47 Å². The zero-order valence-corrected chi connectivity index (χ0v) is 9.59. The topological polar surface area (TPSA) is 18.5 Å². The van der Waals surface area contributed by atoms with Crippen LogP contribution in [0.3, 0.4) is 0 Å². The van der Waals surface area contributed by atoms with E-state index in [1.165, 1.54) is 13.2 Å². The predicted octanol–water partition coefficient (Wildman–Crippen LogP) is 2.72. The van der Waals surface area contributed by atoms with Gasteiger partial charge in [-0.3, -0.25) is 0 Å². The highest BCUT2D eigenvalue weighted by atomic mass is 127. The number of hydrogen-bond donors (Lipinski definition) is 0. The van der Waals surface area contributed by atoms with Crippen molar-refractivity contribution in [3.05, 3.63) is 27.1 Å². The van der Waals surface area contributed by atoms with Crippen LogP contribution in [0.1, 0.15) is 5.56 Å². The minimum atomic E-state index is -0.258. The quantitative estimate of drug-likeness (QED) is 0.631. The Hall–Kier alpha value is -0.360. The maximum Gasteiger partial charge on any atom is 0.188 e. The molecule has 0 spiro atoms. The van der Waals surface area contributed by atoms with Crippen molar-refractivity contribution in [3.8, 4) is 5.75 Å². The van der Waals surface area contributed by atoms with Gasteiger partial charge in [-0.05, 0) is 47.2 Å². The SMILES string of the molecule is COCOc1cc(C)cc(F)c1I. The first-order valence-corrected chi connectivity index (χ1v) is 4.80. The third-order valence-electron chi connectivity index (χ3n) is 1.47. The molecule has 0 N–H and O–H groups in total. The van der Waals surface area contributed by atoms with E-state index in [0.717, 1.165) is 5.56 Å². The third kappa shape index (κ3) is 2.80. The lowest BCUT2D eigenvalue weighted by Gasteiger charge is -2.08. The second-order valence-corrected chi connectivity index (χ2v) is 3.69. The average molecular weight is 296 g/mol. The number of ether oxygens (including phenoxy) is 2. The Labute approximate surface area is 90.2 Å². The molecule has 4 heteroatoms. The molecular formula is C9H10FIO2. The van der Waals surface area contributed by atoms with Gasteiger partial charge in [0.1, 0.15) is 11.6 Å². The highest BCUT2D eigenvalue weighted by molar-refractivity contribution is 14.1. The minimum Gasteiger partial charge on any atom is -0.466 e. The Morgan fingerprint density at radius 1 is 1.46 bits per heavy atom. The fourth-order valence-electron chi connectivity index (χ4n) is 0.920. The lowest BCUT2D eigenvalue weighted by molar-refractivity contribution is 0.0502. The Kier molecular flexibility index (Phi) is 3.92. The molecule has 0 aliphatic heterocycles. The van der Waals surface area contributed by atoms with E-state index in [1.807, 2.05) is 29.5 Å². The Bertz CT molecular complexity index is 302. The molecule has 0 saturated carbocycles. The molecule has 72 valence electrons. The molecule has 0 aromatic heterocycles. The minimum absolute atomic E-state index is 0.138. The van der Waals surface area contributed by atoms with Crippen LogP contribution in [0.4, 0.5) is 4.39 Å². The molecule has 0 amide bonds. The van der Waals surface area contributed by atoms with Crippen LogP contribution in [-0.2, 0) is 4.74 Å². The maximum atomic E-state index is 13.1. The van der Waals surface area contributed by atoms with E-state index in [2.05, 4.69) is 0 Å². The smallest absolute Gasteiger partial charge is 0.188 e. The number of methoxy groups -OCH3 is 1. The fraction of sp³-hybridized carbons (Fsp3) is 0.333. The standard InChI is InChI=1S/C9H10FIO2/c1-6-3-7(10)9(11)8(4-6)13-5-12-2/h3-4H,5H2,1-2H3. The molecule has 1 aromatic carbocycles. The number of hydrogen-bond acceptors (Lipinski definition) is 2. The zero-order chi connectivity index (χ0) is 9.84. The first-order chi connectivity index (χ1) is 6.15. The fourth-order valence-corrected chi connectivity index (χ4v) is 1.39. The predicted molar refractivity (Wildman–Crippen MR) is 56.4 cm³/mol. The lowest BCUT2D eigenvalue weighted by atomic mass is 10.2. The molecule has 2 nitrogen and oxygen atoms in total. The molecule has 0 saturated heterocycles. The first-order valence-electron chi connectivity index (χ1n) is 3.72. The van der Waals surface area contributed by atoms with Crippen molar-refractivity contribution < 1.29 is 13.9 Å². The molecule has 0 unspecified atom stereocenters. The molecule has 13 heavy (non-hydrogen) atoms. The highest BCUT2D eigenvalue weighted by Crippen LogP contribution is 2.25. The van der Waals surface area contributed by atoms with Crippen molar-refractivity contribution >= 4 is 22.6 Å². The molecule has 0 aliphatic rings. The Balaban J connectivity index is 2.92. The summed E-state index contributed by atoms with van der Waals surface area (Å²) in [5, 5.41) is 0. The van der Waals surface area contributed by atoms with Gasteiger partial charge in [0.2, 0.25) is 0 Å². The van der Waals surface area contributed by atoms with E-state index < -0.39 is 0 Å². The summed E-state index contributed by atoms with van der Waals surface area (Å²) in [5.41, 5.74) is 0.837. The normalized spacial score (nSPS) is 10.2. The molecule has 0 aliphatic carbocycles. The van der Waals surface area contributed by atoms with Gasteiger partial charge >= 0.3 is 0 Å². The number of rotatable bonds is 3. The number of benzene rings is 1. The number of halogens is 2. The van der Waals surface area contributed by atoms with Crippen molar-refractivity contribution in [2.75, 3.05) is 13.9 Å². The van der Waals surface area contributed by atoms with Crippen molar-refractivity contribution in [1.29, 1.82) is 0 Å². The summed E-state index contributed by atoms with van der Waals surface area (Å²) in [6, 6.07) is 3.26. The van der Waals surface area contributed by atoms with Gasteiger partial charge < -0.3 is 9.47 Å². The average Bonchev–Trinajstić information content (AvgIpc) is 2.09. The van der Waals surface area contributed by atoms with Crippen LogP contribution in [0.25, 0.3) is 0 Å². The third-order valence-corrected chi connectivity index (χ3v) is 2.52. The van der Waals surface area contributed by atoms with Gasteiger partial charge in [-0.25, -0.2) is 4.39 Å². The van der Waals surface area contributed by atoms with Crippen molar-refractivity contribution in [1.82, 2.24) is 0 Å². The molecule has 0 bridgehead atoms. The summed E-state index contributed by atoms with van der Waals surface area (Å²) < 4.78 is 23.5. The van der Waals surface area contributed by atoms with Crippen LogP contribution in [0.2, 0.25) is 0 Å². The van der Waals surface area contributed by atoms with Gasteiger partial charge in [-0.15, -0.1) is 0 Å². The van der Waals surface area contributed by atoms with E-state index in [0.29, 0.717) is 9.32 Å². The maximum absolute atomic E-state index is 13.1. The van der Waals surface area contributed by atoms with Gasteiger partial charge in [0.25, 0.3) is 0 Å². The summed E-state index contributed by atoms with van der Waals surface area (Å²) >= 11 is 1.91. The van der Waals surface area contributed by atoms with Gasteiger partial charge in [-0.1, -0.05) is 0 Å². The van der Waals surface area contributed by atoms with E-state index in [1.54, 1.807) is 6.07 Å². The second-order valence-electron chi connectivity index (χ2n) is 2.61. The van der Waals surface area contributed by atoms with Crippen LogP contribution in [0, 0.1) is 16.3 Å². The first kappa shape index (κ1) is 10.7. The molecular weight excluding hydrogens is 286 g/mol. The summed E-state index contributed by atoms with van der Waals surface area (Å²) in [6.07, 6.45) is 0. The van der Waals surface area contributed by atoms with E-state index in [9.17, 15) is 4.39 Å². The van der Waals surface area contributed by atoms with Gasteiger partial charge in [0.15, 0.2) is 6.79 Å². The van der Waals surface area contributed by atoms with Crippen molar-refractivity contribution in [2.45, 2.75) is 6.92 Å². The Morgan fingerprint density at radius 3 is 2.77 bits per heavy atom. The van der Waals surface area contributed by atoms with Crippen LogP contribution in [0.15, 0.2) is 12.1 Å². The number of aryl methyl sites for hydroxylation is 1. The second kappa shape index (κ2) is 4.76. The zero-order valence-electron chi connectivity index (χ0n) is 7.43. The van der Waals surface area contributed by atoms with Crippen molar-refractivity contribution in [3.63, 3.8) is 0 Å². The van der Waals surface area contributed by atoms with Gasteiger partial charge in [-0.2, -0.15) is 0 Å². The van der Waals surface area contributed by atoms with Crippen molar-refractivity contribution in [2.24, 2.45) is 0 Å². The van der Waals surface area contributed by atoms with Gasteiger partial charge in [0, 0.05) is 7.11 Å². The molecule has 0 radical (unpaired) electrons. The lowest BCUT2D eigenvalue weighted by Crippen LogP contribution is -2.01. The van der Waals surface area contributed by atoms with Crippen LogP contribution < -0.4 is 4.74 Å². The van der Waals surface area contributed by atoms with Crippen LogP contribution >= 0.6 is 22.6 Å². The van der Waals surface area contributed by atoms with E-state index in [-0.39, 0.29) is 12.6 Å². The van der Waals surface area contributed by atoms with Crippen LogP contribution in [0.5, 0.6) is 5.75 Å². The summed E-state index contributed by atoms with van der Waals surface area (Å²) in [5.74, 6) is 0.270. The molecule has 0 fully saturated rings. The molecule has 1 rings (SSSR count). The van der Waals surface area contributed by atoms with E-state index >= 15 is 0 Å². The monoisotopic (exact) mass is 296 g/mol. The largest absolute Gasteiger partial charge is 0.466 e. The summed E-state index contributed by atoms with van der Waals surface area (Å²) in [4.78, 5) is 0. The summed E-state index contributed by atoms with van der Waals surface area (Å²) in [7, 11) is 1.53. The van der Waals surface area contributed by atoms with Gasteiger partial charge in [0.05, 0.1) is 3.57 Å². The summed E-state index contributed by atoms with van der Waals surface area (Å²) in [6.45, 7) is 1.96. The molecule has 0 atom stereocenters. The molecule has 1 aromatic rings.